The van der Waals surface area contributed by atoms with Crippen LogP contribution in [-0.2, 0) is 12.8 Å². The summed E-state index contributed by atoms with van der Waals surface area (Å²) in [7, 11) is 0. The zero-order valence-electron chi connectivity index (χ0n) is 7.61. The van der Waals surface area contributed by atoms with Gasteiger partial charge in [0.05, 0.1) is 6.04 Å². The van der Waals surface area contributed by atoms with Crippen LogP contribution in [0.3, 0.4) is 0 Å². The third-order valence-electron chi connectivity index (χ3n) is 2.53. The molecule has 1 unspecified atom stereocenters. The van der Waals surface area contributed by atoms with E-state index in [4.69, 9.17) is 11.6 Å². The van der Waals surface area contributed by atoms with Crippen LogP contribution in [0.5, 0.6) is 0 Å². The molecule has 3 N–H and O–H groups in total. The van der Waals surface area contributed by atoms with Gasteiger partial charge in [-0.1, -0.05) is 11.6 Å². The molecule has 1 nitrogen and oxygen atoms in total. The first-order valence-corrected chi connectivity index (χ1v) is 4.65. The molecule has 1 atom stereocenters. The van der Waals surface area contributed by atoms with Crippen LogP contribution >= 0.6 is 11.6 Å². The summed E-state index contributed by atoms with van der Waals surface area (Å²) < 4.78 is 0. The number of aryl methyl sites for hydroxylation is 1. The zero-order chi connectivity index (χ0) is 8.72. The summed E-state index contributed by atoms with van der Waals surface area (Å²) in [5.74, 6) is 0. The van der Waals surface area contributed by atoms with Gasteiger partial charge < -0.3 is 18.1 Å². The first kappa shape index (κ1) is 10.8. The molecule has 0 radical (unpaired) electrons. The summed E-state index contributed by atoms with van der Waals surface area (Å²) in [6, 6.07) is 4.67. The second kappa shape index (κ2) is 3.87. The highest BCUT2D eigenvalue weighted by Crippen LogP contribution is 2.27. The summed E-state index contributed by atoms with van der Waals surface area (Å²) in [4.78, 5) is 0. The molecule has 0 aliphatic heterocycles. The van der Waals surface area contributed by atoms with E-state index in [1.54, 1.807) is 0 Å². The topological polar surface area (TPSA) is 27.6 Å². The minimum Gasteiger partial charge on any atom is -1.00 e. The maximum absolute atomic E-state index is 5.96. The van der Waals surface area contributed by atoms with Crippen LogP contribution in [0.2, 0.25) is 5.02 Å². The number of rotatable bonds is 0. The normalized spacial score (nSPS) is 19.5. The molecule has 0 saturated carbocycles. The average Bonchev–Trinajstić information content (AvgIpc) is 2.29. The zero-order valence-corrected chi connectivity index (χ0v) is 9.12. The number of benzene rings is 1. The minimum absolute atomic E-state index is 0. The van der Waals surface area contributed by atoms with Crippen molar-refractivity contribution < 1.29 is 18.1 Å². The van der Waals surface area contributed by atoms with E-state index in [0.717, 1.165) is 17.9 Å². The second-order valence-corrected chi connectivity index (χ2v) is 4.07. The quantitative estimate of drug-likeness (QED) is 0.541. The van der Waals surface area contributed by atoms with E-state index >= 15 is 0 Å². The Morgan fingerprint density at radius 1 is 1.38 bits per heavy atom. The minimum atomic E-state index is 0. The highest BCUT2D eigenvalue weighted by Gasteiger charge is 2.22. The summed E-state index contributed by atoms with van der Waals surface area (Å²) in [6.45, 7) is 2.13. The highest BCUT2D eigenvalue weighted by atomic mass is 35.5. The van der Waals surface area contributed by atoms with Crippen LogP contribution in [0.1, 0.15) is 16.7 Å². The maximum atomic E-state index is 5.96. The van der Waals surface area contributed by atoms with Gasteiger partial charge in [-0.25, -0.2) is 0 Å². The maximum Gasteiger partial charge on any atom is 0.0925 e. The Morgan fingerprint density at radius 3 is 2.77 bits per heavy atom. The molecule has 2 rings (SSSR count). The van der Waals surface area contributed by atoms with Crippen LogP contribution in [0.15, 0.2) is 12.1 Å². The first-order chi connectivity index (χ1) is 5.66. The molecule has 1 aromatic carbocycles. The lowest BCUT2D eigenvalue weighted by Crippen LogP contribution is -3.00. The van der Waals surface area contributed by atoms with Gasteiger partial charge in [0.1, 0.15) is 0 Å². The van der Waals surface area contributed by atoms with Gasteiger partial charge in [-0.2, -0.15) is 0 Å². The van der Waals surface area contributed by atoms with E-state index in [1.807, 2.05) is 6.07 Å². The van der Waals surface area contributed by atoms with Gasteiger partial charge in [0.15, 0.2) is 0 Å². The van der Waals surface area contributed by atoms with Crippen molar-refractivity contribution in [3.8, 4) is 0 Å². The Kier molecular flexibility index (Phi) is 3.23. The fourth-order valence-electron chi connectivity index (χ4n) is 1.99. The molecule has 0 spiro atoms. The largest absolute Gasteiger partial charge is 1.00 e. The molecule has 0 saturated heterocycles. The molecule has 13 heavy (non-hydrogen) atoms. The molecule has 1 aliphatic carbocycles. The van der Waals surface area contributed by atoms with Gasteiger partial charge in [0, 0.05) is 17.9 Å². The Bertz CT molecular complexity index is 323. The molecule has 0 fully saturated rings. The van der Waals surface area contributed by atoms with Gasteiger partial charge >= 0.3 is 0 Å². The monoisotopic (exact) mass is 217 g/mol. The van der Waals surface area contributed by atoms with Crippen LogP contribution in [0.4, 0.5) is 0 Å². The lowest BCUT2D eigenvalue weighted by molar-refractivity contribution is -0.416. The third kappa shape index (κ3) is 1.98. The fraction of sp³-hybridized carbons (Fsp3) is 0.400. The molecule has 0 heterocycles. The van der Waals surface area contributed by atoms with Crippen molar-refractivity contribution in [2.24, 2.45) is 0 Å². The van der Waals surface area contributed by atoms with Crippen molar-refractivity contribution in [1.82, 2.24) is 0 Å². The Morgan fingerprint density at radius 2 is 2.08 bits per heavy atom. The summed E-state index contributed by atoms with van der Waals surface area (Å²) in [5, 5.41) is 0.861. The number of halogens is 2. The number of hydrogen-bond acceptors (Lipinski definition) is 0. The van der Waals surface area contributed by atoms with Crippen molar-refractivity contribution in [3.05, 3.63) is 33.8 Å². The molecule has 1 aliphatic rings. The molecule has 1 aromatic rings. The van der Waals surface area contributed by atoms with Gasteiger partial charge in [-0.3, -0.25) is 0 Å². The Hall–Kier alpha value is -0.240. The van der Waals surface area contributed by atoms with Crippen LogP contribution < -0.4 is 18.1 Å². The predicted octanol–water partition coefficient (Wildman–Crippen LogP) is -1.64. The van der Waals surface area contributed by atoms with Crippen LogP contribution in [0.25, 0.3) is 0 Å². The smallest absolute Gasteiger partial charge is 0.0925 e. The fourth-order valence-corrected chi connectivity index (χ4v) is 2.28. The van der Waals surface area contributed by atoms with Crippen molar-refractivity contribution in [2.75, 3.05) is 0 Å². The summed E-state index contributed by atoms with van der Waals surface area (Å²) in [5.41, 5.74) is 8.28. The van der Waals surface area contributed by atoms with Gasteiger partial charge in [-0.15, -0.1) is 0 Å². The third-order valence-corrected chi connectivity index (χ3v) is 2.75. The van der Waals surface area contributed by atoms with Crippen molar-refractivity contribution in [3.63, 3.8) is 0 Å². The number of fused-ring (bicyclic) bond motifs is 1. The second-order valence-electron chi connectivity index (χ2n) is 3.63. The average molecular weight is 218 g/mol. The summed E-state index contributed by atoms with van der Waals surface area (Å²) >= 11 is 5.96. The molecule has 0 bridgehead atoms. The van der Waals surface area contributed by atoms with E-state index in [9.17, 15) is 0 Å². The first-order valence-electron chi connectivity index (χ1n) is 4.28. The summed E-state index contributed by atoms with van der Waals surface area (Å²) in [6.07, 6.45) is 2.22. The van der Waals surface area contributed by atoms with Gasteiger partial charge in [0.2, 0.25) is 0 Å². The molecular formula is C10H13Cl2N. The molecule has 0 amide bonds. The number of hydrogen-bond donors (Lipinski definition) is 1. The van der Waals surface area contributed by atoms with E-state index in [2.05, 4.69) is 18.7 Å². The molecule has 72 valence electrons. The van der Waals surface area contributed by atoms with Crippen molar-refractivity contribution in [2.45, 2.75) is 25.8 Å². The molecule has 3 heteroatoms. The Labute approximate surface area is 89.7 Å². The predicted molar refractivity (Wildman–Crippen MR) is 50.3 cm³/mol. The van der Waals surface area contributed by atoms with Gasteiger partial charge in [0.25, 0.3) is 0 Å². The van der Waals surface area contributed by atoms with Crippen LogP contribution in [-0.4, -0.2) is 6.04 Å². The Balaban J connectivity index is 0.000000845. The highest BCUT2D eigenvalue weighted by molar-refractivity contribution is 6.30. The van der Waals surface area contributed by atoms with Crippen LogP contribution in [0, 0.1) is 6.92 Å². The molecule has 0 aromatic heterocycles. The van der Waals surface area contributed by atoms with Crippen molar-refractivity contribution >= 4 is 11.6 Å². The van der Waals surface area contributed by atoms with E-state index < -0.39 is 0 Å². The SMILES string of the molecule is Cc1cc(Cl)cc2c1CC([NH3+])C2.[Cl-]. The van der Waals surface area contributed by atoms with Gasteiger partial charge in [-0.05, 0) is 35.7 Å². The standard InChI is InChI=1S/C10H12ClN.ClH/c1-6-2-8(11)3-7-4-9(12)5-10(6)7;/h2-3,9H,4-5,12H2,1H3;1H. The van der Waals surface area contributed by atoms with Crippen molar-refractivity contribution in [1.29, 1.82) is 0 Å². The van der Waals surface area contributed by atoms with E-state index in [0.29, 0.717) is 6.04 Å². The molecular weight excluding hydrogens is 205 g/mol. The van der Waals surface area contributed by atoms with E-state index in [-0.39, 0.29) is 12.4 Å². The van der Waals surface area contributed by atoms with E-state index in [1.165, 1.54) is 16.7 Å². The lowest BCUT2D eigenvalue weighted by atomic mass is 10.1. The lowest BCUT2D eigenvalue weighted by Gasteiger charge is -2.02. The number of quaternary nitrogens is 1.